The molecule has 1 N–H and O–H groups in total. The highest BCUT2D eigenvalue weighted by Crippen LogP contribution is 1.94. The predicted octanol–water partition coefficient (Wildman–Crippen LogP) is 0.819. The Bertz CT molecular complexity index is 205. The van der Waals surface area contributed by atoms with Gasteiger partial charge in [0.1, 0.15) is 0 Å². The first kappa shape index (κ1) is 18.3. The second kappa shape index (κ2) is 13.7. The maximum absolute atomic E-state index is 11.4. The number of nitrogens with one attached hydrogen (secondary N) is 1. The van der Waals surface area contributed by atoms with Gasteiger partial charge in [0.2, 0.25) is 5.91 Å². The van der Waals surface area contributed by atoms with Crippen molar-refractivity contribution in [1.82, 2.24) is 10.4 Å². The highest BCUT2D eigenvalue weighted by molar-refractivity contribution is 5.74. The Morgan fingerprint density at radius 2 is 1.53 bits per heavy atom. The fraction of sp³-hybridized carbons (Fsp3) is 0.923. The third-order valence-electron chi connectivity index (χ3n) is 2.50. The van der Waals surface area contributed by atoms with Crippen LogP contribution in [0.2, 0.25) is 0 Å². The maximum atomic E-state index is 11.4. The Morgan fingerprint density at radius 3 is 2.00 bits per heavy atom. The van der Waals surface area contributed by atoms with Crippen LogP contribution in [0, 0.1) is 0 Å². The van der Waals surface area contributed by atoms with Gasteiger partial charge in [0.25, 0.3) is 0 Å². The van der Waals surface area contributed by atoms with Crippen molar-refractivity contribution in [2.24, 2.45) is 0 Å². The molecule has 0 aromatic carbocycles. The summed E-state index contributed by atoms with van der Waals surface area (Å²) in [5.74, 6) is -0.0975. The van der Waals surface area contributed by atoms with Crippen molar-refractivity contribution in [3.05, 3.63) is 0 Å². The highest BCUT2D eigenvalue weighted by Gasteiger charge is 2.08. The molecule has 0 aromatic rings. The van der Waals surface area contributed by atoms with Gasteiger partial charge >= 0.3 is 0 Å². The molecule has 0 spiro atoms. The third kappa shape index (κ3) is 12.1. The molecule has 0 unspecified atom stereocenters. The first-order valence-corrected chi connectivity index (χ1v) is 7.03. The second-order valence-electron chi connectivity index (χ2n) is 3.94. The number of carbonyl (C=O) groups is 1. The van der Waals surface area contributed by atoms with Crippen LogP contribution in [0.3, 0.4) is 0 Å². The summed E-state index contributed by atoms with van der Waals surface area (Å²) in [5.41, 5.74) is 2.39. The number of hydroxylamine groups is 1. The van der Waals surface area contributed by atoms with Gasteiger partial charge in [-0.3, -0.25) is 14.5 Å². The molecule has 0 saturated heterocycles. The van der Waals surface area contributed by atoms with Crippen LogP contribution < -0.4 is 5.48 Å². The van der Waals surface area contributed by atoms with Gasteiger partial charge in [-0.15, -0.1) is 0 Å². The molecule has 19 heavy (non-hydrogen) atoms. The Kier molecular flexibility index (Phi) is 13.2. The van der Waals surface area contributed by atoms with Gasteiger partial charge in [-0.1, -0.05) is 0 Å². The standard InChI is InChI=1S/C13H28N2O4/c1-4-17-11-9-15(10-12-18-5-2)8-7-13(16)14-19-6-3/h4-12H2,1-3H3,(H,14,16). The molecule has 0 rings (SSSR count). The van der Waals surface area contributed by atoms with Gasteiger partial charge in [0.05, 0.1) is 19.8 Å². The lowest BCUT2D eigenvalue weighted by atomic mass is 10.3. The van der Waals surface area contributed by atoms with E-state index in [-0.39, 0.29) is 5.91 Å². The minimum Gasteiger partial charge on any atom is -0.380 e. The van der Waals surface area contributed by atoms with Crippen LogP contribution in [0.25, 0.3) is 0 Å². The van der Waals surface area contributed by atoms with Crippen LogP contribution in [0.5, 0.6) is 0 Å². The van der Waals surface area contributed by atoms with Crippen LogP contribution in [-0.2, 0) is 19.1 Å². The predicted molar refractivity (Wildman–Crippen MR) is 73.8 cm³/mol. The number of carbonyl (C=O) groups excluding carboxylic acids is 1. The molecule has 6 nitrogen and oxygen atoms in total. The van der Waals surface area contributed by atoms with E-state index in [0.29, 0.717) is 46.0 Å². The Balaban J connectivity index is 3.84. The molecule has 0 bridgehead atoms. The number of ether oxygens (including phenoxy) is 2. The average Bonchev–Trinajstić information content (AvgIpc) is 2.42. The lowest BCUT2D eigenvalue weighted by Gasteiger charge is -2.21. The van der Waals surface area contributed by atoms with Gasteiger partial charge in [0.15, 0.2) is 0 Å². The van der Waals surface area contributed by atoms with Gasteiger partial charge in [-0.05, 0) is 20.8 Å². The number of hydrogen-bond donors (Lipinski definition) is 1. The van der Waals surface area contributed by atoms with Crippen molar-refractivity contribution >= 4 is 5.91 Å². The van der Waals surface area contributed by atoms with Crippen LogP contribution in [0.15, 0.2) is 0 Å². The summed E-state index contributed by atoms with van der Waals surface area (Å²) >= 11 is 0. The first-order valence-electron chi connectivity index (χ1n) is 7.03. The fourth-order valence-corrected chi connectivity index (χ4v) is 1.47. The van der Waals surface area contributed by atoms with E-state index >= 15 is 0 Å². The molecule has 6 heteroatoms. The SMILES string of the molecule is CCOCCN(CCOCC)CCC(=O)NOCC. The minimum atomic E-state index is -0.0975. The van der Waals surface area contributed by atoms with E-state index in [4.69, 9.17) is 14.3 Å². The summed E-state index contributed by atoms with van der Waals surface area (Å²) in [6.07, 6.45) is 0.415. The summed E-state index contributed by atoms with van der Waals surface area (Å²) in [7, 11) is 0. The van der Waals surface area contributed by atoms with Crippen molar-refractivity contribution in [3.8, 4) is 0 Å². The number of amides is 1. The molecule has 1 amide bonds. The van der Waals surface area contributed by atoms with Crippen molar-refractivity contribution in [2.75, 3.05) is 52.7 Å². The molecule has 0 fully saturated rings. The van der Waals surface area contributed by atoms with Crippen molar-refractivity contribution < 1.29 is 19.1 Å². The monoisotopic (exact) mass is 276 g/mol. The molecule has 0 aliphatic rings. The van der Waals surface area contributed by atoms with Crippen LogP contribution in [0.4, 0.5) is 0 Å². The molecular weight excluding hydrogens is 248 g/mol. The summed E-state index contributed by atoms with van der Waals surface area (Å²) in [4.78, 5) is 18.5. The largest absolute Gasteiger partial charge is 0.380 e. The molecule has 0 atom stereocenters. The average molecular weight is 276 g/mol. The van der Waals surface area contributed by atoms with E-state index < -0.39 is 0 Å². The minimum absolute atomic E-state index is 0.0975. The van der Waals surface area contributed by atoms with Gasteiger partial charge < -0.3 is 9.47 Å². The molecule has 0 aromatic heterocycles. The molecular formula is C13H28N2O4. The molecule has 114 valence electrons. The van der Waals surface area contributed by atoms with E-state index in [0.717, 1.165) is 13.1 Å². The fourth-order valence-electron chi connectivity index (χ4n) is 1.47. The van der Waals surface area contributed by atoms with E-state index in [1.165, 1.54) is 0 Å². The normalized spacial score (nSPS) is 10.9. The zero-order valence-corrected chi connectivity index (χ0v) is 12.4. The topological polar surface area (TPSA) is 60.0 Å². The second-order valence-corrected chi connectivity index (χ2v) is 3.94. The molecule has 0 heterocycles. The van der Waals surface area contributed by atoms with E-state index in [1.54, 1.807) is 0 Å². The van der Waals surface area contributed by atoms with Gasteiger partial charge in [-0.25, -0.2) is 5.48 Å². The summed E-state index contributed by atoms with van der Waals surface area (Å²) in [5, 5.41) is 0. The number of nitrogens with zero attached hydrogens (tertiary/aromatic N) is 1. The summed E-state index contributed by atoms with van der Waals surface area (Å²) in [6, 6.07) is 0. The quantitative estimate of drug-likeness (QED) is 0.399. The lowest BCUT2D eigenvalue weighted by Crippen LogP contribution is -2.35. The molecule has 0 aliphatic carbocycles. The van der Waals surface area contributed by atoms with E-state index in [9.17, 15) is 4.79 Å². The molecule has 0 radical (unpaired) electrons. The Morgan fingerprint density at radius 1 is 0.947 bits per heavy atom. The zero-order valence-electron chi connectivity index (χ0n) is 12.4. The van der Waals surface area contributed by atoms with Crippen LogP contribution in [-0.4, -0.2) is 63.5 Å². The van der Waals surface area contributed by atoms with E-state index in [1.807, 2.05) is 20.8 Å². The summed E-state index contributed by atoms with van der Waals surface area (Å²) < 4.78 is 10.7. The molecule has 0 aliphatic heterocycles. The zero-order chi connectivity index (χ0) is 14.3. The first-order chi connectivity index (χ1) is 9.24. The Hall–Kier alpha value is -0.690. The van der Waals surface area contributed by atoms with Crippen molar-refractivity contribution in [2.45, 2.75) is 27.2 Å². The van der Waals surface area contributed by atoms with Crippen LogP contribution in [0.1, 0.15) is 27.2 Å². The van der Waals surface area contributed by atoms with Crippen molar-refractivity contribution in [1.29, 1.82) is 0 Å². The Labute approximate surface area is 116 Å². The van der Waals surface area contributed by atoms with Crippen LogP contribution >= 0.6 is 0 Å². The number of hydrogen-bond acceptors (Lipinski definition) is 5. The summed E-state index contributed by atoms with van der Waals surface area (Å²) in [6.45, 7) is 11.3. The third-order valence-corrected chi connectivity index (χ3v) is 2.50. The molecule has 0 saturated carbocycles. The maximum Gasteiger partial charge on any atom is 0.244 e. The number of rotatable bonds is 13. The smallest absolute Gasteiger partial charge is 0.244 e. The van der Waals surface area contributed by atoms with Gasteiger partial charge in [0, 0.05) is 39.3 Å². The van der Waals surface area contributed by atoms with E-state index in [2.05, 4.69) is 10.4 Å². The lowest BCUT2D eigenvalue weighted by molar-refractivity contribution is -0.133. The van der Waals surface area contributed by atoms with Crippen molar-refractivity contribution in [3.63, 3.8) is 0 Å². The highest BCUT2D eigenvalue weighted by atomic mass is 16.6. The van der Waals surface area contributed by atoms with Gasteiger partial charge in [-0.2, -0.15) is 0 Å².